The average Bonchev–Trinajstić information content (AvgIpc) is 3.04. The van der Waals surface area contributed by atoms with Crippen molar-refractivity contribution in [3.05, 3.63) is 34.1 Å². The highest BCUT2D eigenvalue weighted by Crippen LogP contribution is 2.42. The number of likely N-dealkylation sites (tertiary alicyclic amines) is 1. The third-order valence-electron chi connectivity index (χ3n) is 3.78. The maximum atomic E-state index is 13.1. The van der Waals surface area contributed by atoms with Crippen LogP contribution in [0.25, 0.3) is 0 Å². The summed E-state index contributed by atoms with van der Waals surface area (Å²) >= 11 is 3.46. The first-order chi connectivity index (χ1) is 8.16. The van der Waals surface area contributed by atoms with E-state index in [0.717, 1.165) is 23.0 Å². The molecule has 2 fully saturated rings. The van der Waals surface area contributed by atoms with Gasteiger partial charge in [-0.2, -0.15) is 0 Å². The van der Waals surface area contributed by atoms with Gasteiger partial charge in [0.05, 0.1) is 6.04 Å². The van der Waals surface area contributed by atoms with E-state index in [4.69, 9.17) is 5.73 Å². The van der Waals surface area contributed by atoms with Crippen LogP contribution in [0.2, 0.25) is 0 Å². The Morgan fingerprint density at radius 2 is 2.06 bits per heavy atom. The second-order valence-corrected chi connectivity index (χ2v) is 5.89. The fraction of sp³-hybridized carbons (Fsp3) is 0.538. The first-order valence-electron chi connectivity index (χ1n) is 6.13. The molecule has 0 bridgehead atoms. The Hall–Kier alpha value is -0.450. The van der Waals surface area contributed by atoms with Crippen LogP contribution in [-0.4, -0.2) is 23.5 Å². The number of halogens is 2. The van der Waals surface area contributed by atoms with E-state index in [2.05, 4.69) is 20.8 Å². The molecule has 0 aromatic heterocycles. The molecule has 17 heavy (non-hydrogen) atoms. The summed E-state index contributed by atoms with van der Waals surface area (Å²) in [4.78, 5) is 2.49. The second-order valence-electron chi connectivity index (χ2n) is 5.03. The molecule has 1 aliphatic carbocycles. The van der Waals surface area contributed by atoms with Crippen LogP contribution >= 0.6 is 15.9 Å². The zero-order chi connectivity index (χ0) is 12.0. The van der Waals surface area contributed by atoms with Crippen molar-refractivity contribution in [2.45, 2.75) is 37.4 Å². The second kappa shape index (κ2) is 4.34. The molecule has 0 radical (unpaired) electrons. The van der Waals surface area contributed by atoms with Crippen LogP contribution in [0.1, 0.15) is 30.9 Å². The van der Waals surface area contributed by atoms with Crippen molar-refractivity contribution in [1.29, 1.82) is 0 Å². The molecule has 1 saturated carbocycles. The maximum Gasteiger partial charge on any atom is 0.124 e. The maximum absolute atomic E-state index is 13.1. The molecule has 1 aliphatic heterocycles. The standard InChI is InChI=1S/C13H16BrFN2/c14-11-7-8(15)1-4-10(11)13-12(16)5-6-17(13)9-2-3-9/h1,4,7,9,12-13H,2-3,5-6,16H2. The third kappa shape index (κ3) is 2.14. The Bertz CT molecular complexity index is 433. The first kappa shape index (κ1) is 11.6. The van der Waals surface area contributed by atoms with Crippen LogP contribution in [0.4, 0.5) is 4.39 Å². The summed E-state index contributed by atoms with van der Waals surface area (Å²) in [6, 6.07) is 6.03. The molecule has 3 rings (SSSR count). The zero-order valence-corrected chi connectivity index (χ0v) is 11.2. The molecule has 2 nitrogen and oxygen atoms in total. The Balaban J connectivity index is 1.94. The minimum Gasteiger partial charge on any atom is -0.326 e. The normalized spacial score (nSPS) is 29.8. The molecule has 0 spiro atoms. The van der Waals surface area contributed by atoms with Gasteiger partial charge in [0.1, 0.15) is 5.82 Å². The van der Waals surface area contributed by atoms with Gasteiger partial charge in [-0.1, -0.05) is 22.0 Å². The largest absolute Gasteiger partial charge is 0.326 e. The molecule has 2 N–H and O–H groups in total. The zero-order valence-electron chi connectivity index (χ0n) is 9.57. The molecule has 0 amide bonds. The van der Waals surface area contributed by atoms with Crippen LogP contribution < -0.4 is 5.73 Å². The highest BCUT2D eigenvalue weighted by Gasteiger charge is 2.41. The molecule has 2 atom stereocenters. The minimum absolute atomic E-state index is 0.164. The van der Waals surface area contributed by atoms with Gasteiger partial charge in [0.25, 0.3) is 0 Å². The van der Waals surface area contributed by atoms with Gasteiger partial charge >= 0.3 is 0 Å². The molecular formula is C13H16BrFN2. The lowest BCUT2D eigenvalue weighted by molar-refractivity contribution is 0.236. The van der Waals surface area contributed by atoms with Gasteiger partial charge in [-0.05, 0) is 37.0 Å². The summed E-state index contributed by atoms with van der Waals surface area (Å²) in [6.07, 6.45) is 3.59. The molecule has 92 valence electrons. The van der Waals surface area contributed by atoms with Gasteiger partial charge in [-0.3, -0.25) is 4.90 Å². The third-order valence-corrected chi connectivity index (χ3v) is 4.47. The van der Waals surface area contributed by atoms with Gasteiger partial charge < -0.3 is 5.73 Å². The molecule has 2 unspecified atom stereocenters. The van der Waals surface area contributed by atoms with E-state index >= 15 is 0 Å². The summed E-state index contributed by atoms with van der Waals surface area (Å²) in [7, 11) is 0. The smallest absolute Gasteiger partial charge is 0.124 e. The van der Waals surface area contributed by atoms with Crippen molar-refractivity contribution in [3.63, 3.8) is 0 Å². The lowest BCUT2D eigenvalue weighted by Crippen LogP contribution is -2.33. The highest BCUT2D eigenvalue weighted by molar-refractivity contribution is 9.10. The van der Waals surface area contributed by atoms with E-state index in [1.165, 1.54) is 25.0 Å². The predicted molar refractivity (Wildman–Crippen MR) is 69.2 cm³/mol. The Morgan fingerprint density at radius 3 is 2.71 bits per heavy atom. The summed E-state index contributed by atoms with van der Waals surface area (Å²) < 4.78 is 14.0. The number of hydrogen-bond donors (Lipinski definition) is 1. The lowest BCUT2D eigenvalue weighted by atomic mass is 10.0. The van der Waals surface area contributed by atoms with Gasteiger partial charge in [0.2, 0.25) is 0 Å². The van der Waals surface area contributed by atoms with Crippen LogP contribution in [0.15, 0.2) is 22.7 Å². The highest BCUT2D eigenvalue weighted by atomic mass is 79.9. The Labute approximate surface area is 109 Å². The monoisotopic (exact) mass is 298 g/mol. The Morgan fingerprint density at radius 1 is 1.29 bits per heavy atom. The van der Waals surface area contributed by atoms with Crippen molar-refractivity contribution < 1.29 is 4.39 Å². The first-order valence-corrected chi connectivity index (χ1v) is 6.92. The SMILES string of the molecule is NC1CCN(C2CC2)C1c1ccc(F)cc1Br. The lowest BCUT2D eigenvalue weighted by Gasteiger charge is -2.27. The van der Waals surface area contributed by atoms with E-state index in [1.807, 2.05) is 6.07 Å². The van der Waals surface area contributed by atoms with E-state index in [0.29, 0.717) is 6.04 Å². The summed E-state index contributed by atoms with van der Waals surface area (Å²) in [5, 5.41) is 0. The predicted octanol–water partition coefficient (Wildman–Crippen LogP) is 2.82. The summed E-state index contributed by atoms with van der Waals surface area (Å²) in [6.45, 7) is 1.07. The molecule has 1 aromatic rings. The van der Waals surface area contributed by atoms with Crippen LogP contribution in [0.5, 0.6) is 0 Å². The quantitative estimate of drug-likeness (QED) is 0.910. The molecule has 1 aromatic carbocycles. The molecule has 1 heterocycles. The fourth-order valence-corrected chi connectivity index (χ4v) is 3.39. The summed E-state index contributed by atoms with van der Waals surface area (Å²) in [5.74, 6) is -0.204. The molecule has 4 heteroatoms. The van der Waals surface area contributed by atoms with Crippen LogP contribution in [0, 0.1) is 5.82 Å². The van der Waals surface area contributed by atoms with E-state index < -0.39 is 0 Å². The molecular weight excluding hydrogens is 283 g/mol. The number of benzene rings is 1. The van der Waals surface area contributed by atoms with E-state index in [1.54, 1.807) is 0 Å². The molecule has 1 saturated heterocycles. The van der Waals surface area contributed by atoms with Crippen molar-refractivity contribution >= 4 is 15.9 Å². The minimum atomic E-state index is -0.204. The van der Waals surface area contributed by atoms with E-state index in [-0.39, 0.29) is 17.9 Å². The summed E-state index contributed by atoms with van der Waals surface area (Å²) in [5.41, 5.74) is 7.35. The van der Waals surface area contributed by atoms with Crippen LogP contribution in [0.3, 0.4) is 0 Å². The topological polar surface area (TPSA) is 29.3 Å². The Kier molecular flexibility index (Phi) is 2.97. The number of nitrogens with two attached hydrogens (primary N) is 1. The van der Waals surface area contributed by atoms with Crippen molar-refractivity contribution in [3.8, 4) is 0 Å². The van der Waals surface area contributed by atoms with Crippen molar-refractivity contribution in [2.75, 3.05) is 6.54 Å². The van der Waals surface area contributed by atoms with Gasteiger partial charge in [0.15, 0.2) is 0 Å². The van der Waals surface area contributed by atoms with Gasteiger partial charge in [0, 0.05) is 23.1 Å². The molecule has 2 aliphatic rings. The van der Waals surface area contributed by atoms with E-state index in [9.17, 15) is 4.39 Å². The van der Waals surface area contributed by atoms with Gasteiger partial charge in [-0.15, -0.1) is 0 Å². The number of hydrogen-bond acceptors (Lipinski definition) is 2. The average molecular weight is 299 g/mol. The van der Waals surface area contributed by atoms with Crippen molar-refractivity contribution in [1.82, 2.24) is 4.90 Å². The van der Waals surface area contributed by atoms with Gasteiger partial charge in [-0.25, -0.2) is 4.39 Å². The van der Waals surface area contributed by atoms with Crippen molar-refractivity contribution in [2.24, 2.45) is 5.73 Å². The number of nitrogens with zero attached hydrogens (tertiary/aromatic N) is 1. The number of rotatable bonds is 2. The van der Waals surface area contributed by atoms with Crippen LogP contribution in [-0.2, 0) is 0 Å². The fourth-order valence-electron chi connectivity index (χ4n) is 2.81.